The lowest BCUT2D eigenvalue weighted by atomic mass is 10.0. The summed E-state index contributed by atoms with van der Waals surface area (Å²) >= 11 is 0. The lowest BCUT2D eigenvalue weighted by Crippen LogP contribution is -2.39. The van der Waals surface area contributed by atoms with E-state index in [1.54, 1.807) is 11.9 Å². The second-order valence-corrected chi connectivity index (χ2v) is 5.60. The first-order valence-electron chi connectivity index (χ1n) is 6.26. The molecule has 0 unspecified atom stereocenters. The molecule has 1 aliphatic rings. The molecule has 0 fully saturated rings. The van der Waals surface area contributed by atoms with Crippen LogP contribution in [0.2, 0.25) is 0 Å². The van der Waals surface area contributed by atoms with E-state index in [0.29, 0.717) is 13.0 Å². The number of nitrogens with two attached hydrogens (primary N) is 1. The molecule has 0 bridgehead atoms. The lowest BCUT2D eigenvalue weighted by molar-refractivity contribution is -0.131. The highest BCUT2D eigenvalue weighted by Crippen LogP contribution is 2.32. The molecule has 1 heterocycles. The number of rotatable bonds is 4. The smallest absolute Gasteiger partial charge is 0.231 e. The molecule has 0 saturated heterocycles. The summed E-state index contributed by atoms with van der Waals surface area (Å²) in [6.07, 6.45) is 0.327. The van der Waals surface area contributed by atoms with E-state index in [2.05, 4.69) is 0 Å². The third kappa shape index (κ3) is 3.61. The first-order valence-corrected chi connectivity index (χ1v) is 6.26. The molecule has 2 N–H and O–H groups in total. The topological polar surface area (TPSA) is 64.8 Å². The van der Waals surface area contributed by atoms with Crippen LogP contribution in [0.25, 0.3) is 0 Å². The summed E-state index contributed by atoms with van der Waals surface area (Å²) in [6, 6.07) is 5.70. The largest absolute Gasteiger partial charge is 0.454 e. The number of hydrogen-bond acceptors (Lipinski definition) is 4. The molecule has 1 aliphatic heterocycles. The summed E-state index contributed by atoms with van der Waals surface area (Å²) in [7, 11) is 1.78. The molecule has 0 radical (unpaired) electrons. The zero-order chi connectivity index (χ0) is 14.0. The first-order chi connectivity index (χ1) is 8.85. The number of benzene rings is 1. The predicted octanol–water partition coefficient (Wildman–Crippen LogP) is 1.50. The Morgan fingerprint density at radius 2 is 2.05 bits per heavy atom. The highest BCUT2D eigenvalue weighted by atomic mass is 16.7. The molecule has 1 aromatic carbocycles. The molecule has 0 aromatic heterocycles. The molecule has 5 nitrogen and oxygen atoms in total. The van der Waals surface area contributed by atoms with Crippen LogP contribution >= 0.6 is 0 Å². The average molecular weight is 264 g/mol. The summed E-state index contributed by atoms with van der Waals surface area (Å²) in [5.74, 6) is 1.52. The monoisotopic (exact) mass is 264 g/mol. The van der Waals surface area contributed by atoms with Gasteiger partial charge in [0, 0.05) is 25.6 Å². The van der Waals surface area contributed by atoms with Crippen LogP contribution in [0.3, 0.4) is 0 Å². The molecule has 0 atom stereocenters. The number of carbonyl (C=O) groups is 1. The fraction of sp³-hybridized carbons (Fsp3) is 0.500. The molecule has 1 amide bonds. The molecule has 5 heteroatoms. The van der Waals surface area contributed by atoms with Crippen LogP contribution in [0, 0.1) is 0 Å². The minimum atomic E-state index is -0.486. The number of nitrogens with zero attached hydrogens (tertiary/aromatic N) is 1. The average Bonchev–Trinajstić information content (AvgIpc) is 2.73. The Labute approximate surface area is 113 Å². The van der Waals surface area contributed by atoms with Crippen LogP contribution in [0.15, 0.2) is 18.2 Å². The Bertz CT molecular complexity index is 480. The van der Waals surface area contributed by atoms with Gasteiger partial charge in [-0.15, -0.1) is 0 Å². The first kappa shape index (κ1) is 13.7. The van der Waals surface area contributed by atoms with Gasteiger partial charge in [0.1, 0.15) is 0 Å². The highest BCUT2D eigenvalue weighted by molar-refractivity contribution is 5.77. The van der Waals surface area contributed by atoms with Gasteiger partial charge < -0.3 is 20.1 Å². The van der Waals surface area contributed by atoms with Gasteiger partial charge in [-0.2, -0.15) is 0 Å². The van der Waals surface area contributed by atoms with Gasteiger partial charge in [0.2, 0.25) is 12.7 Å². The third-order valence-corrected chi connectivity index (χ3v) is 2.89. The van der Waals surface area contributed by atoms with Gasteiger partial charge >= 0.3 is 0 Å². The Kier molecular flexibility index (Phi) is 3.66. The van der Waals surface area contributed by atoms with Gasteiger partial charge in [-0.25, -0.2) is 0 Å². The van der Waals surface area contributed by atoms with Crippen molar-refractivity contribution in [2.45, 2.75) is 32.4 Å². The van der Waals surface area contributed by atoms with Gasteiger partial charge in [0.05, 0.1) is 0 Å². The molecular formula is C14H20N2O3. The summed E-state index contributed by atoms with van der Waals surface area (Å²) in [5, 5.41) is 0. The van der Waals surface area contributed by atoms with Crippen LogP contribution in [0.4, 0.5) is 0 Å². The van der Waals surface area contributed by atoms with E-state index in [1.807, 2.05) is 32.0 Å². The Balaban J connectivity index is 1.99. The molecule has 0 spiro atoms. The summed E-state index contributed by atoms with van der Waals surface area (Å²) in [5.41, 5.74) is 6.38. The summed E-state index contributed by atoms with van der Waals surface area (Å²) in [6.45, 7) is 4.49. The van der Waals surface area contributed by atoms with Gasteiger partial charge in [-0.05, 0) is 31.5 Å². The fourth-order valence-corrected chi connectivity index (χ4v) is 1.93. The van der Waals surface area contributed by atoms with E-state index in [-0.39, 0.29) is 12.7 Å². The summed E-state index contributed by atoms with van der Waals surface area (Å²) in [4.78, 5) is 13.7. The van der Waals surface area contributed by atoms with Crippen molar-refractivity contribution in [3.8, 4) is 11.5 Å². The maximum Gasteiger partial charge on any atom is 0.231 e. The maximum absolute atomic E-state index is 12.0. The number of carbonyl (C=O) groups excluding carboxylic acids is 1. The minimum absolute atomic E-state index is 0.0326. The lowest BCUT2D eigenvalue weighted by Gasteiger charge is -2.23. The Morgan fingerprint density at radius 3 is 2.74 bits per heavy atom. The van der Waals surface area contributed by atoms with Crippen molar-refractivity contribution in [3.05, 3.63) is 23.8 Å². The van der Waals surface area contributed by atoms with Crippen molar-refractivity contribution in [1.29, 1.82) is 0 Å². The van der Waals surface area contributed by atoms with Gasteiger partial charge in [0.15, 0.2) is 11.5 Å². The molecule has 0 saturated carbocycles. The van der Waals surface area contributed by atoms with Crippen molar-refractivity contribution in [3.63, 3.8) is 0 Å². The molecule has 0 aliphatic carbocycles. The van der Waals surface area contributed by atoms with Gasteiger partial charge in [0.25, 0.3) is 0 Å². The van der Waals surface area contributed by atoms with Crippen LogP contribution < -0.4 is 15.2 Å². The fourth-order valence-electron chi connectivity index (χ4n) is 1.93. The van der Waals surface area contributed by atoms with E-state index in [4.69, 9.17) is 15.2 Å². The van der Waals surface area contributed by atoms with Crippen molar-refractivity contribution in [2.24, 2.45) is 5.73 Å². The third-order valence-electron chi connectivity index (χ3n) is 2.89. The van der Waals surface area contributed by atoms with Crippen LogP contribution in [0.5, 0.6) is 11.5 Å². The maximum atomic E-state index is 12.0. The second kappa shape index (κ2) is 5.09. The predicted molar refractivity (Wildman–Crippen MR) is 71.9 cm³/mol. The van der Waals surface area contributed by atoms with E-state index < -0.39 is 5.54 Å². The standard InChI is InChI=1S/C14H20N2O3/c1-14(2,15)7-13(17)16(3)8-10-4-5-11-12(6-10)19-9-18-11/h4-6H,7-9,15H2,1-3H3. The minimum Gasteiger partial charge on any atom is -0.454 e. The van der Waals surface area contributed by atoms with Crippen LogP contribution in [-0.2, 0) is 11.3 Å². The zero-order valence-corrected chi connectivity index (χ0v) is 11.6. The molecule has 1 aromatic rings. The number of hydrogen-bond donors (Lipinski definition) is 1. The number of amides is 1. The van der Waals surface area contributed by atoms with E-state index in [1.165, 1.54) is 0 Å². The van der Waals surface area contributed by atoms with E-state index >= 15 is 0 Å². The second-order valence-electron chi connectivity index (χ2n) is 5.60. The van der Waals surface area contributed by atoms with Crippen molar-refractivity contribution in [2.75, 3.05) is 13.8 Å². The van der Waals surface area contributed by atoms with Gasteiger partial charge in [-0.3, -0.25) is 4.79 Å². The van der Waals surface area contributed by atoms with Crippen molar-refractivity contribution < 1.29 is 14.3 Å². The Morgan fingerprint density at radius 1 is 1.37 bits per heavy atom. The quantitative estimate of drug-likeness (QED) is 0.895. The molecule has 2 rings (SSSR count). The number of ether oxygens (including phenoxy) is 2. The highest BCUT2D eigenvalue weighted by Gasteiger charge is 2.20. The van der Waals surface area contributed by atoms with Crippen molar-refractivity contribution >= 4 is 5.91 Å². The normalized spacial score (nSPS) is 13.5. The SMILES string of the molecule is CN(Cc1ccc2c(c1)OCO2)C(=O)CC(C)(C)N. The molecule has 19 heavy (non-hydrogen) atoms. The van der Waals surface area contributed by atoms with E-state index in [0.717, 1.165) is 17.1 Å². The number of fused-ring (bicyclic) bond motifs is 1. The van der Waals surface area contributed by atoms with Crippen molar-refractivity contribution in [1.82, 2.24) is 4.90 Å². The molecular weight excluding hydrogens is 244 g/mol. The van der Waals surface area contributed by atoms with Crippen LogP contribution in [0.1, 0.15) is 25.8 Å². The van der Waals surface area contributed by atoms with E-state index in [9.17, 15) is 4.79 Å². The summed E-state index contributed by atoms with van der Waals surface area (Å²) < 4.78 is 10.6. The zero-order valence-electron chi connectivity index (χ0n) is 11.6. The molecule has 104 valence electrons. The van der Waals surface area contributed by atoms with Gasteiger partial charge in [-0.1, -0.05) is 6.07 Å². The Hall–Kier alpha value is -1.75. The van der Waals surface area contributed by atoms with Crippen LogP contribution in [-0.4, -0.2) is 30.2 Å².